The van der Waals surface area contributed by atoms with Gasteiger partial charge in [-0.05, 0) is 76.3 Å². The van der Waals surface area contributed by atoms with Crippen molar-refractivity contribution >= 4 is 11.8 Å². The fourth-order valence-electron chi connectivity index (χ4n) is 6.07. The summed E-state index contributed by atoms with van der Waals surface area (Å²) in [7, 11) is 0. The molecule has 2 amide bonds. The first-order chi connectivity index (χ1) is 16.9. The van der Waals surface area contributed by atoms with Gasteiger partial charge in [0.15, 0.2) is 5.69 Å². The summed E-state index contributed by atoms with van der Waals surface area (Å²) in [5.41, 5.74) is 5.44. The topological polar surface area (TPSA) is 67.7 Å². The maximum Gasteiger partial charge on any atom is 0.274 e. The molecular formula is C28H38N4O3. The monoisotopic (exact) mass is 478 g/mol. The number of likely N-dealkylation sites (tertiary alicyclic amines) is 1. The Morgan fingerprint density at radius 3 is 2.46 bits per heavy atom. The first-order valence-electron chi connectivity index (χ1n) is 13.2. The Morgan fingerprint density at radius 1 is 1.03 bits per heavy atom. The molecule has 2 aliphatic heterocycles. The van der Waals surface area contributed by atoms with Crippen LogP contribution in [0.2, 0.25) is 0 Å². The van der Waals surface area contributed by atoms with Crippen molar-refractivity contribution in [1.29, 1.82) is 0 Å². The van der Waals surface area contributed by atoms with E-state index in [4.69, 9.17) is 9.84 Å². The minimum atomic E-state index is -0.0200. The van der Waals surface area contributed by atoms with Crippen molar-refractivity contribution in [2.45, 2.75) is 78.0 Å². The van der Waals surface area contributed by atoms with Gasteiger partial charge in [-0.15, -0.1) is 0 Å². The van der Waals surface area contributed by atoms with Gasteiger partial charge < -0.3 is 14.5 Å². The van der Waals surface area contributed by atoms with E-state index in [9.17, 15) is 9.59 Å². The van der Waals surface area contributed by atoms with Crippen LogP contribution in [0.4, 0.5) is 0 Å². The standard InChI is InChI=1S/C28H38N4O3/c1-19-7-4-5-8-23(19)15-22-11-13-30(14-12-22)26(33)18-32-25-10-6-9-24(25)27(29-32)28(34)31-16-20(2)35-21(3)17-31/h4-5,7-8,20-22H,6,9-18H2,1-3H3/t20-,21+. The van der Waals surface area contributed by atoms with E-state index in [-0.39, 0.29) is 30.6 Å². The Kier molecular flexibility index (Phi) is 6.96. The van der Waals surface area contributed by atoms with Gasteiger partial charge in [0.1, 0.15) is 6.54 Å². The highest BCUT2D eigenvalue weighted by Crippen LogP contribution is 2.28. The number of piperidine rings is 1. The fraction of sp³-hybridized carbons (Fsp3) is 0.607. The van der Waals surface area contributed by atoms with E-state index in [0.29, 0.717) is 24.7 Å². The van der Waals surface area contributed by atoms with Gasteiger partial charge in [-0.25, -0.2) is 0 Å². The van der Waals surface area contributed by atoms with Crippen LogP contribution in [-0.2, 0) is 35.3 Å². The van der Waals surface area contributed by atoms with Gasteiger partial charge >= 0.3 is 0 Å². The third-order valence-electron chi connectivity index (χ3n) is 7.94. The molecule has 7 nitrogen and oxygen atoms in total. The van der Waals surface area contributed by atoms with E-state index < -0.39 is 0 Å². The van der Waals surface area contributed by atoms with Crippen LogP contribution < -0.4 is 0 Å². The predicted octanol–water partition coefficient (Wildman–Crippen LogP) is 3.41. The Labute approximate surface area is 208 Å². The Morgan fingerprint density at radius 2 is 1.74 bits per heavy atom. The maximum absolute atomic E-state index is 13.4. The number of amides is 2. The number of nitrogens with zero attached hydrogens (tertiary/aromatic N) is 4. The smallest absolute Gasteiger partial charge is 0.274 e. The molecule has 0 bridgehead atoms. The first-order valence-corrected chi connectivity index (χ1v) is 13.2. The second-order valence-electron chi connectivity index (χ2n) is 10.7. The van der Waals surface area contributed by atoms with Crippen molar-refractivity contribution in [3.8, 4) is 0 Å². The van der Waals surface area contributed by atoms with E-state index in [1.807, 2.05) is 28.3 Å². The molecule has 2 aromatic rings. The van der Waals surface area contributed by atoms with Crippen molar-refractivity contribution in [1.82, 2.24) is 19.6 Å². The van der Waals surface area contributed by atoms with E-state index in [1.165, 1.54) is 11.1 Å². The molecule has 0 saturated carbocycles. The number of carbonyl (C=O) groups is 2. The number of morpholine rings is 1. The molecule has 1 aliphatic carbocycles. The largest absolute Gasteiger partial charge is 0.372 e. The summed E-state index contributed by atoms with van der Waals surface area (Å²) < 4.78 is 7.62. The number of carbonyl (C=O) groups excluding carboxylic acids is 2. The number of rotatable bonds is 5. The Hall–Kier alpha value is -2.67. The van der Waals surface area contributed by atoms with E-state index in [0.717, 1.165) is 62.9 Å². The third kappa shape index (κ3) is 5.15. The van der Waals surface area contributed by atoms with Gasteiger partial charge in [-0.2, -0.15) is 5.10 Å². The molecule has 2 fully saturated rings. The lowest BCUT2D eigenvalue weighted by Crippen LogP contribution is -2.48. The van der Waals surface area contributed by atoms with Crippen LogP contribution in [0, 0.1) is 12.8 Å². The molecule has 1 aromatic heterocycles. The lowest BCUT2D eigenvalue weighted by atomic mass is 9.88. The molecule has 188 valence electrons. The lowest BCUT2D eigenvalue weighted by Gasteiger charge is -2.35. The van der Waals surface area contributed by atoms with Crippen molar-refractivity contribution in [2.75, 3.05) is 26.2 Å². The number of fused-ring (bicyclic) bond motifs is 1. The lowest BCUT2D eigenvalue weighted by molar-refractivity contribution is -0.133. The summed E-state index contributed by atoms with van der Waals surface area (Å²) in [5, 5.41) is 4.71. The highest BCUT2D eigenvalue weighted by molar-refractivity contribution is 5.94. The molecule has 0 N–H and O–H groups in total. The molecule has 5 rings (SSSR count). The summed E-state index contributed by atoms with van der Waals surface area (Å²) in [4.78, 5) is 30.4. The summed E-state index contributed by atoms with van der Waals surface area (Å²) in [5.74, 6) is 0.717. The van der Waals surface area contributed by atoms with Crippen LogP contribution in [0.5, 0.6) is 0 Å². The zero-order valence-corrected chi connectivity index (χ0v) is 21.3. The minimum Gasteiger partial charge on any atom is -0.372 e. The van der Waals surface area contributed by atoms with E-state index >= 15 is 0 Å². The normalized spacial score (nSPS) is 22.9. The van der Waals surface area contributed by atoms with Gasteiger partial charge in [0.05, 0.1) is 12.2 Å². The quantitative estimate of drug-likeness (QED) is 0.661. The van der Waals surface area contributed by atoms with Gasteiger partial charge in [-0.1, -0.05) is 24.3 Å². The summed E-state index contributed by atoms with van der Waals surface area (Å²) in [6.45, 7) is 9.18. The summed E-state index contributed by atoms with van der Waals surface area (Å²) >= 11 is 0. The zero-order chi connectivity index (χ0) is 24.5. The second-order valence-corrected chi connectivity index (χ2v) is 10.7. The molecule has 3 heterocycles. The van der Waals surface area contributed by atoms with Crippen LogP contribution >= 0.6 is 0 Å². The molecule has 0 spiro atoms. The molecule has 0 radical (unpaired) electrons. The minimum absolute atomic E-state index is 0.0200. The Bertz CT molecular complexity index is 1080. The SMILES string of the molecule is Cc1ccccc1CC1CCN(C(=O)Cn2nc(C(=O)N3C[C@@H](C)O[C@@H](C)C3)c3c2CCC3)CC1. The van der Waals surface area contributed by atoms with Crippen molar-refractivity contribution in [3.05, 3.63) is 52.3 Å². The number of hydrogen-bond acceptors (Lipinski definition) is 4. The molecule has 3 aliphatic rings. The van der Waals surface area contributed by atoms with Gasteiger partial charge in [0.25, 0.3) is 5.91 Å². The highest BCUT2D eigenvalue weighted by atomic mass is 16.5. The van der Waals surface area contributed by atoms with Gasteiger partial charge in [0.2, 0.25) is 5.91 Å². The molecule has 0 unspecified atom stereocenters. The third-order valence-corrected chi connectivity index (χ3v) is 7.94. The van der Waals surface area contributed by atoms with Crippen LogP contribution in [0.15, 0.2) is 24.3 Å². The highest BCUT2D eigenvalue weighted by Gasteiger charge is 2.33. The van der Waals surface area contributed by atoms with E-state index in [2.05, 4.69) is 31.2 Å². The average Bonchev–Trinajstić information content (AvgIpc) is 3.44. The number of hydrogen-bond donors (Lipinski definition) is 0. The first kappa shape index (κ1) is 24.0. The summed E-state index contributed by atoms with van der Waals surface area (Å²) in [6, 6.07) is 8.61. The molecular weight excluding hydrogens is 440 g/mol. The maximum atomic E-state index is 13.4. The summed E-state index contributed by atoms with van der Waals surface area (Å²) in [6.07, 6.45) is 5.97. The van der Waals surface area contributed by atoms with Crippen molar-refractivity contribution in [3.63, 3.8) is 0 Å². The van der Waals surface area contributed by atoms with Crippen LogP contribution in [-0.4, -0.2) is 69.8 Å². The molecule has 2 atom stereocenters. The van der Waals surface area contributed by atoms with Gasteiger partial charge in [-0.3, -0.25) is 14.3 Å². The van der Waals surface area contributed by atoms with Crippen LogP contribution in [0.25, 0.3) is 0 Å². The molecule has 1 aromatic carbocycles. The number of benzene rings is 1. The predicted molar refractivity (Wildman–Crippen MR) is 134 cm³/mol. The number of aryl methyl sites for hydroxylation is 1. The average molecular weight is 479 g/mol. The molecule has 7 heteroatoms. The van der Waals surface area contributed by atoms with Crippen LogP contribution in [0.3, 0.4) is 0 Å². The molecule has 35 heavy (non-hydrogen) atoms. The van der Waals surface area contributed by atoms with Crippen molar-refractivity contribution in [2.24, 2.45) is 5.92 Å². The Balaban J connectivity index is 1.22. The number of aromatic nitrogens is 2. The zero-order valence-electron chi connectivity index (χ0n) is 21.3. The van der Waals surface area contributed by atoms with Crippen molar-refractivity contribution < 1.29 is 14.3 Å². The second kappa shape index (κ2) is 10.1. The number of ether oxygens (including phenoxy) is 1. The van der Waals surface area contributed by atoms with E-state index in [1.54, 1.807) is 0 Å². The fourth-order valence-corrected chi connectivity index (χ4v) is 6.07. The van der Waals surface area contributed by atoms with Crippen LogP contribution in [0.1, 0.15) is 66.0 Å². The molecule has 2 saturated heterocycles. The van der Waals surface area contributed by atoms with Gasteiger partial charge in [0, 0.05) is 37.4 Å².